The maximum Gasteiger partial charge on any atom is 0.256 e. The number of phenols is 1. The number of hydrogen-bond donors (Lipinski definition) is 3. The second-order valence-corrected chi connectivity index (χ2v) is 4.14. The van der Waals surface area contributed by atoms with Crippen LogP contribution in [0.4, 0.5) is 5.69 Å². The van der Waals surface area contributed by atoms with E-state index in [0.717, 1.165) is 10.9 Å². The number of nitrogens with one attached hydrogen (secondary N) is 2. The first-order valence-corrected chi connectivity index (χ1v) is 5.76. The number of nitrogens with zero attached hydrogens (tertiary/aromatic N) is 1. The monoisotopic (exact) mass is 253 g/mol. The fourth-order valence-corrected chi connectivity index (χ4v) is 1.95. The van der Waals surface area contributed by atoms with Crippen LogP contribution in [0.2, 0.25) is 0 Å². The molecule has 0 aliphatic carbocycles. The minimum Gasteiger partial charge on any atom is -0.508 e. The molecule has 0 aliphatic heterocycles. The molecule has 1 heterocycles. The van der Waals surface area contributed by atoms with Crippen LogP contribution in [-0.4, -0.2) is 21.2 Å². The molecule has 0 radical (unpaired) electrons. The van der Waals surface area contributed by atoms with E-state index >= 15 is 0 Å². The summed E-state index contributed by atoms with van der Waals surface area (Å²) in [6, 6.07) is 11.8. The van der Waals surface area contributed by atoms with Crippen molar-refractivity contribution >= 4 is 22.5 Å². The number of rotatable bonds is 2. The molecule has 0 spiro atoms. The van der Waals surface area contributed by atoms with E-state index in [9.17, 15) is 9.90 Å². The van der Waals surface area contributed by atoms with Gasteiger partial charge in [0.15, 0.2) is 0 Å². The fourth-order valence-electron chi connectivity index (χ4n) is 1.95. The first-order valence-electron chi connectivity index (χ1n) is 5.76. The summed E-state index contributed by atoms with van der Waals surface area (Å²) in [4.78, 5) is 12.2. The Balaban J connectivity index is 1.94. The van der Waals surface area contributed by atoms with Crippen molar-refractivity contribution in [2.75, 3.05) is 5.32 Å². The number of benzene rings is 2. The Morgan fingerprint density at radius 1 is 1.21 bits per heavy atom. The molecule has 1 amide bonds. The van der Waals surface area contributed by atoms with Gasteiger partial charge in [-0.05, 0) is 24.3 Å². The zero-order chi connectivity index (χ0) is 13.2. The van der Waals surface area contributed by atoms with Crippen molar-refractivity contribution in [1.82, 2.24) is 10.2 Å². The lowest BCUT2D eigenvalue weighted by atomic mass is 10.1. The lowest BCUT2D eigenvalue weighted by molar-refractivity contribution is 0.102. The van der Waals surface area contributed by atoms with E-state index in [-0.39, 0.29) is 11.7 Å². The van der Waals surface area contributed by atoms with Gasteiger partial charge in [0, 0.05) is 17.1 Å². The molecule has 0 saturated heterocycles. The van der Waals surface area contributed by atoms with Crippen molar-refractivity contribution in [3.05, 3.63) is 54.2 Å². The Morgan fingerprint density at radius 2 is 2.05 bits per heavy atom. The smallest absolute Gasteiger partial charge is 0.256 e. The summed E-state index contributed by atoms with van der Waals surface area (Å²) in [5.41, 5.74) is 1.89. The van der Waals surface area contributed by atoms with Crippen LogP contribution < -0.4 is 5.32 Å². The predicted molar refractivity (Wildman–Crippen MR) is 72.2 cm³/mol. The highest BCUT2D eigenvalue weighted by Crippen LogP contribution is 2.19. The van der Waals surface area contributed by atoms with E-state index < -0.39 is 0 Å². The molecule has 2 aromatic carbocycles. The zero-order valence-corrected chi connectivity index (χ0v) is 9.92. The minimum absolute atomic E-state index is 0.110. The number of amides is 1. The summed E-state index contributed by atoms with van der Waals surface area (Å²) in [5.74, 6) is -0.128. The zero-order valence-electron chi connectivity index (χ0n) is 9.92. The Labute approximate surface area is 108 Å². The number of phenolic OH excluding ortho intramolecular Hbond substituents is 1. The summed E-state index contributed by atoms with van der Waals surface area (Å²) in [6.07, 6.45) is 1.62. The number of carbonyl (C=O) groups excluding carboxylic acids is 1. The molecule has 0 unspecified atom stereocenters. The number of anilines is 1. The van der Waals surface area contributed by atoms with Gasteiger partial charge in [0.25, 0.3) is 5.91 Å². The van der Waals surface area contributed by atoms with Crippen LogP contribution in [0.3, 0.4) is 0 Å². The van der Waals surface area contributed by atoms with Crippen molar-refractivity contribution in [3.63, 3.8) is 0 Å². The summed E-state index contributed by atoms with van der Waals surface area (Å²) < 4.78 is 0. The third kappa shape index (κ3) is 2.13. The van der Waals surface area contributed by atoms with E-state index in [4.69, 9.17) is 0 Å². The normalized spacial score (nSPS) is 10.5. The fraction of sp³-hybridized carbons (Fsp3) is 0. The van der Waals surface area contributed by atoms with Crippen molar-refractivity contribution < 1.29 is 9.90 Å². The number of carbonyl (C=O) groups is 1. The van der Waals surface area contributed by atoms with Crippen molar-refractivity contribution in [3.8, 4) is 5.75 Å². The van der Waals surface area contributed by atoms with Gasteiger partial charge in [-0.1, -0.05) is 12.1 Å². The second kappa shape index (κ2) is 4.45. The number of hydrogen-bond acceptors (Lipinski definition) is 3. The van der Waals surface area contributed by atoms with Gasteiger partial charge in [-0.3, -0.25) is 9.89 Å². The maximum atomic E-state index is 12.2. The second-order valence-electron chi connectivity index (χ2n) is 4.14. The standard InChI is InChI=1S/C14H11N3O2/c18-10-4-1-3-9(7-10)16-14(19)11-5-2-6-13-12(11)8-15-17-13/h1-8,18H,(H,15,17)(H,16,19). The molecule has 3 aromatic rings. The molecule has 1 aromatic heterocycles. The highest BCUT2D eigenvalue weighted by atomic mass is 16.3. The summed E-state index contributed by atoms with van der Waals surface area (Å²) >= 11 is 0. The molecule has 19 heavy (non-hydrogen) atoms. The molecule has 3 rings (SSSR count). The molecule has 0 bridgehead atoms. The van der Waals surface area contributed by atoms with E-state index in [1.165, 1.54) is 6.07 Å². The topological polar surface area (TPSA) is 78.0 Å². The van der Waals surface area contributed by atoms with Crippen LogP contribution in [0.25, 0.3) is 10.9 Å². The third-order valence-corrected chi connectivity index (χ3v) is 2.83. The van der Waals surface area contributed by atoms with Gasteiger partial charge < -0.3 is 10.4 Å². The molecule has 0 saturated carbocycles. The highest BCUT2D eigenvalue weighted by Gasteiger charge is 2.11. The summed E-state index contributed by atoms with van der Waals surface area (Å²) in [5, 5.41) is 19.6. The predicted octanol–water partition coefficient (Wildman–Crippen LogP) is 2.52. The van der Waals surface area contributed by atoms with E-state index in [0.29, 0.717) is 11.3 Å². The number of aromatic amines is 1. The van der Waals surface area contributed by atoms with Crippen LogP contribution >= 0.6 is 0 Å². The Kier molecular flexibility index (Phi) is 2.64. The van der Waals surface area contributed by atoms with Gasteiger partial charge in [-0.2, -0.15) is 5.10 Å². The largest absolute Gasteiger partial charge is 0.508 e. The quantitative estimate of drug-likeness (QED) is 0.656. The Hall–Kier alpha value is -2.82. The number of aromatic hydroxyl groups is 1. The van der Waals surface area contributed by atoms with Gasteiger partial charge in [0.2, 0.25) is 0 Å². The lowest BCUT2D eigenvalue weighted by Gasteiger charge is -2.06. The van der Waals surface area contributed by atoms with Crippen LogP contribution in [0.5, 0.6) is 5.75 Å². The average Bonchev–Trinajstić information content (AvgIpc) is 2.86. The van der Waals surface area contributed by atoms with E-state index in [1.807, 2.05) is 6.07 Å². The molecule has 3 N–H and O–H groups in total. The molecule has 0 atom stereocenters. The molecule has 5 nitrogen and oxygen atoms in total. The molecule has 94 valence electrons. The summed E-state index contributed by atoms with van der Waals surface area (Å²) in [7, 11) is 0. The molecular weight excluding hydrogens is 242 g/mol. The van der Waals surface area contributed by atoms with Crippen LogP contribution in [0, 0.1) is 0 Å². The summed E-state index contributed by atoms with van der Waals surface area (Å²) in [6.45, 7) is 0. The first kappa shape index (κ1) is 11.3. The van der Waals surface area contributed by atoms with Crippen LogP contribution in [-0.2, 0) is 0 Å². The van der Waals surface area contributed by atoms with Gasteiger partial charge in [-0.25, -0.2) is 0 Å². The van der Waals surface area contributed by atoms with Crippen molar-refractivity contribution in [2.24, 2.45) is 0 Å². The molecule has 5 heteroatoms. The maximum absolute atomic E-state index is 12.2. The molecule has 0 aliphatic rings. The van der Waals surface area contributed by atoms with E-state index in [2.05, 4.69) is 15.5 Å². The highest BCUT2D eigenvalue weighted by molar-refractivity contribution is 6.12. The van der Waals surface area contributed by atoms with E-state index in [1.54, 1.807) is 36.5 Å². The number of aromatic nitrogens is 2. The Morgan fingerprint density at radius 3 is 2.89 bits per heavy atom. The lowest BCUT2D eigenvalue weighted by Crippen LogP contribution is -2.11. The third-order valence-electron chi connectivity index (χ3n) is 2.83. The number of fused-ring (bicyclic) bond motifs is 1. The molecule has 0 fully saturated rings. The minimum atomic E-state index is -0.238. The van der Waals surface area contributed by atoms with Gasteiger partial charge in [0.05, 0.1) is 17.3 Å². The van der Waals surface area contributed by atoms with Crippen LogP contribution in [0.1, 0.15) is 10.4 Å². The van der Waals surface area contributed by atoms with Gasteiger partial charge in [-0.15, -0.1) is 0 Å². The van der Waals surface area contributed by atoms with Crippen molar-refractivity contribution in [2.45, 2.75) is 0 Å². The first-order chi connectivity index (χ1) is 9.24. The Bertz CT molecular complexity index is 749. The average molecular weight is 253 g/mol. The van der Waals surface area contributed by atoms with Gasteiger partial charge in [0.1, 0.15) is 5.75 Å². The van der Waals surface area contributed by atoms with Crippen molar-refractivity contribution in [1.29, 1.82) is 0 Å². The van der Waals surface area contributed by atoms with Crippen LogP contribution in [0.15, 0.2) is 48.7 Å². The molecular formula is C14H11N3O2. The SMILES string of the molecule is O=C(Nc1cccc(O)c1)c1cccc2[nH]ncc12. The van der Waals surface area contributed by atoms with Gasteiger partial charge >= 0.3 is 0 Å². The number of H-pyrrole nitrogens is 1.